The number of Topliss-reactive ketones (excluding diaryl/α,β-unsaturated/α-hetero) is 1. The fourth-order valence-electron chi connectivity index (χ4n) is 0.927. The summed E-state index contributed by atoms with van der Waals surface area (Å²) in [6.07, 6.45) is 0. The van der Waals surface area contributed by atoms with E-state index in [1.54, 1.807) is 12.1 Å². The van der Waals surface area contributed by atoms with Crippen molar-refractivity contribution < 1.29 is 4.79 Å². The van der Waals surface area contributed by atoms with Gasteiger partial charge >= 0.3 is 0 Å². The number of hydrogen-bond donors (Lipinski definition) is 0. The lowest BCUT2D eigenvalue weighted by atomic mass is 10.1. The molecule has 0 saturated heterocycles. The standard InChI is InChI=1S/C9H8BrClO/c1-5-3-7(6(2)12)8(10)4-9(5)11/h3-4H,1-2H3. The third-order valence-electron chi connectivity index (χ3n) is 1.63. The van der Waals surface area contributed by atoms with Crippen LogP contribution in [0, 0.1) is 6.92 Å². The van der Waals surface area contributed by atoms with Gasteiger partial charge in [0.15, 0.2) is 5.78 Å². The minimum Gasteiger partial charge on any atom is -0.294 e. The van der Waals surface area contributed by atoms with E-state index in [9.17, 15) is 4.79 Å². The van der Waals surface area contributed by atoms with Crippen LogP contribution in [0.15, 0.2) is 16.6 Å². The quantitative estimate of drug-likeness (QED) is 0.693. The first-order valence-corrected chi connectivity index (χ1v) is 4.66. The molecular weight excluding hydrogens is 239 g/mol. The minimum absolute atomic E-state index is 0.0432. The van der Waals surface area contributed by atoms with Crippen molar-refractivity contribution in [3.8, 4) is 0 Å². The zero-order valence-corrected chi connectivity index (χ0v) is 9.16. The predicted octanol–water partition coefficient (Wildman–Crippen LogP) is 3.61. The van der Waals surface area contributed by atoms with Crippen molar-refractivity contribution in [2.45, 2.75) is 13.8 Å². The zero-order chi connectivity index (χ0) is 9.30. The molecule has 0 radical (unpaired) electrons. The van der Waals surface area contributed by atoms with E-state index in [1.807, 2.05) is 6.92 Å². The summed E-state index contributed by atoms with van der Waals surface area (Å²) >= 11 is 9.13. The molecule has 0 saturated carbocycles. The Kier molecular flexibility index (Phi) is 2.91. The van der Waals surface area contributed by atoms with E-state index in [2.05, 4.69) is 15.9 Å². The molecule has 64 valence electrons. The van der Waals surface area contributed by atoms with Crippen molar-refractivity contribution in [3.63, 3.8) is 0 Å². The lowest BCUT2D eigenvalue weighted by Crippen LogP contribution is -1.94. The van der Waals surface area contributed by atoms with E-state index >= 15 is 0 Å². The Morgan fingerprint density at radius 2 is 2.08 bits per heavy atom. The van der Waals surface area contributed by atoms with E-state index in [-0.39, 0.29) is 5.78 Å². The van der Waals surface area contributed by atoms with Crippen molar-refractivity contribution in [3.05, 3.63) is 32.8 Å². The van der Waals surface area contributed by atoms with Crippen LogP contribution in [0.25, 0.3) is 0 Å². The van der Waals surface area contributed by atoms with Crippen LogP contribution < -0.4 is 0 Å². The van der Waals surface area contributed by atoms with Gasteiger partial charge in [-0.1, -0.05) is 11.6 Å². The van der Waals surface area contributed by atoms with Gasteiger partial charge in [-0.3, -0.25) is 4.79 Å². The first-order chi connectivity index (χ1) is 5.52. The Morgan fingerprint density at radius 3 is 2.58 bits per heavy atom. The van der Waals surface area contributed by atoms with E-state index < -0.39 is 0 Å². The van der Waals surface area contributed by atoms with Crippen LogP contribution in [0.3, 0.4) is 0 Å². The summed E-state index contributed by atoms with van der Waals surface area (Å²) < 4.78 is 0.755. The summed E-state index contributed by atoms with van der Waals surface area (Å²) in [6.45, 7) is 3.41. The fraction of sp³-hybridized carbons (Fsp3) is 0.222. The van der Waals surface area contributed by atoms with Crippen molar-refractivity contribution in [1.29, 1.82) is 0 Å². The Bertz CT molecular complexity index is 334. The summed E-state index contributed by atoms with van der Waals surface area (Å²) in [5, 5.41) is 0.673. The first kappa shape index (κ1) is 9.75. The number of aryl methyl sites for hydroxylation is 1. The Labute approximate surface area is 84.9 Å². The van der Waals surface area contributed by atoms with E-state index in [4.69, 9.17) is 11.6 Å². The molecule has 0 heterocycles. The molecule has 0 bridgehead atoms. The molecule has 1 rings (SSSR count). The lowest BCUT2D eigenvalue weighted by Gasteiger charge is -2.03. The number of benzene rings is 1. The minimum atomic E-state index is 0.0432. The summed E-state index contributed by atoms with van der Waals surface area (Å²) in [5.41, 5.74) is 1.60. The molecule has 0 N–H and O–H groups in total. The second kappa shape index (κ2) is 3.58. The van der Waals surface area contributed by atoms with Crippen LogP contribution in [-0.2, 0) is 0 Å². The molecular formula is C9H8BrClO. The molecule has 1 nitrogen and oxygen atoms in total. The molecule has 0 amide bonds. The van der Waals surface area contributed by atoms with Gasteiger partial charge < -0.3 is 0 Å². The maximum atomic E-state index is 11.1. The number of rotatable bonds is 1. The zero-order valence-electron chi connectivity index (χ0n) is 6.82. The van der Waals surface area contributed by atoms with Gasteiger partial charge in [0.25, 0.3) is 0 Å². The lowest BCUT2D eigenvalue weighted by molar-refractivity contribution is 0.101. The maximum Gasteiger partial charge on any atom is 0.160 e. The predicted molar refractivity (Wildman–Crippen MR) is 53.9 cm³/mol. The number of carbonyl (C=O) groups excluding carboxylic acids is 1. The number of hydrogen-bond acceptors (Lipinski definition) is 1. The highest BCUT2D eigenvalue weighted by Gasteiger charge is 2.07. The molecule has 0 unspecified atom stereocenters. The monoisotopic (exact) mass is 246 g/mol. The number of halogens is 2. The first-order valence-electron chi connectivity index (χ1n) is 3.49. The van der Waals surface area contributed by atoms with Crippen LogP contribution >= 0.6 is 27.5 Å². The van der Waals surface area contributed by atoms with Gasteiger partial charge in [-0.2, -0.15) is 0 Å². The summed E-state index contributed by atoms with van der Waals surface area (Å²) in [6, 6.07) is 3.53. The Balaban J connectivity index is 3.33. The van der Waals surface area contributed by atoms with Crippen LogP contribution in [0.5, 0.6) is 0 Å². The average molecular weight is 248 g/mol. The molecule has 0 aliphatic heterocycles. The SMILES string of the molecule is CC(=O)c1cc(C)c(Cl)cc1Br. The molecule has 1 aromatic carbocycles. The highest BCUT2D eigenvalue weighted by atomic mass is 79.9. The van der Waals surface area contributed by atoms with Crippen LogP contribution in [0.4, 0.5) is 0 Å². The molecule has 0 aliphatic rings. The van der Waals surface area contributed by atoms with Crippen molar-refractivity contribution in [1.82, 2.24) is 0 Å². The number of carbonyl (C=O) groups is 1. The van der Waals surface area contributed by atoms with Gasteiger partial charge in [0.1, 0.15) is 0 Å². The second-order valence-corrected chi connectivity index (χ2v) is 3.90. The second-order valence-electron chi connectivity index (χ2n) is 2.64. The molecule has 3 heteroatoms. The molecule has 0 atom stereocenters. The fourth-order valence-corrected chi connectivity index (χ4v) is 1.85. The van der Waals surface area contributed by atoms with Crippen LogP contribution in [0.1, 0.15) is 22.8 Å². The van der Waals surface area contributed by atoms with Crippen LogP contribution in [0.2, 0.25) is 5.02 Å². The Morgan fingerprint density at radius 1 is 1.50 bits per heavy atom. The highest BCUT2D eigenvalue weighted by Crippen LogP contribution is 2.25. The van der Waals surface area contributed by atoms with E-state index in [1.165, 1.54) is 6.92 Å². The summed E-state index contributed by atoms with van der Waals surface area (Å²) in [7, 11) is 0. The average Bonchev–Trinajstić information content (AvgIpc) is 1.96. The summed E-state index contributed by atoms with van der Waals surface area (Å²) in [5.74, 6) is 0.0432. The molecule has 1 aromatic rings. The summed E-state index contributed by atoms with van der Waals surface area (Å²) in [4.78, 5) is 11.1. The topological polar surface area (TPSA) is 17.1 Å². The number of ketones is 1. The van der Waals surface area contributed by atoms with Gasteiger partial charge in [0.2, 0.25) is 0 Å². The molecule has 0 fully saturated rings. The van der Waals surface area contributed by atoms with Gasteiger partial charge in [-0.15, -0.1) is 0 Å². The Hall–Kier alpha value is -0.340. The highest BCUT2D eigenvalue weighted by molar-refractivity contribution is 9.10. The maximum absolute atomic E-state index is 11.1. The largest absolute Gasteiger partial charge is 0.294 e. The van der Waals surface area contributed by atoms with Gasteiger partial charge in [-0.05, 0) is 47.5 Å². The van der Waals surface area contributed by atoms with Gasteiger partial charge in [0, 0.05) is 15.1 Å². The van der Waals surface area contributed by atoms with E-state index in [0.717, 1.165) is 10.0 Å². The van der Waals surface area contributed by atoms with Gasteiger partial charge in [0.05, 0.1) is 0 Å². The van der Waals surface area contributed by atoms with Crippen LogP contribution in [-0.4, -0.2) is 5.78 Å². The smallest absolute Gasteiger partial charge is 0.160 e. The third-order valence-corrected chi connectivity index (χ3v) is 2.69. The normalized spacial score (nSPS) is 10.0. The molecule has 0 spiro atoms. The third kappa shape index (κ3) is 1.87. The molecule has 0 aliphatic carbocycles. The molecule has 12 heavy (non-hydrogen) atoms. The molecule has 0 aromatic heterocycles. The van der Waals surface area contributed by atoms with Crippen molar-refractivity contribution in [2.24, 2.45) is 0 Å². The van der Waals surface area contributed by atoms with Crippen molar-refractivity contribution in [2.75, 3.05) is 0 Å². The van der Waals surface area contributed by atoms with E-state index in [0.29, 0.717) is 10.6 Å². The van der Waals surface area contributed by atoms with Gasteiger partial charge in [-0.25, -0.2) is 0 Å². The van der Waals surface area contributed by atoms with Crippen molar-refractivity contribution >= 4 is 33.3 Å².